The highest BCUT2D eigenvalue weighted by Crippen LogP contribution is 2.05. The molecule has 2 rings (SSSR count). The monoisotopic (exact) mass is 247 g/mol. The number of rotatable bonds is 6. The van der Waals surface area contributed by atoms with Crippen molar-refractivity contribution in [1.82, 2.24) is 14.9 Å². The average Bonchev–Trinajstić information content (AvgIpc) is 2.84. The van der Waals surface area contributed by atoms with Gasteiger partial charge in [-0.05, 0) is 30.7 Å². The topological polar surface area (TPSA) is 29.9 Å². The minimum Gasteiger partial charge on any atom is -0.337 e. The number of aromatic nitrogens is 2. The second-order valence-electron chi connectivity index (χ2n) is 4.26. The molecular formula is C14H18FN3. The molecule has 0 radical (unpaired) electrons. The number of halogens is 1. The number of benzene rings is 1. The molecule has 0 saturated heterocycles. The SMILES string of the molecule is CCNCc1cn(CCc2ccc(F)cc2)cn1. The molecular weight excluding hydrogens is 229 g/mol. The largest absolute Gasteiger partial charge is 0.337 e. The highest BCUT2D eigenvalue weighted by atomic mass is 19.1. The van der Waals surface area contributed by atoms with E-state index in [9.17, 15) is 4.39 Å². The molecule has 0 atom stereocenters. The summed E-state index contributed by atoms with van der Waals surface area (Å²) in [4.78, 5) is 4.32. The summed E-state index contributed by atoms with van der Waals surface area (Å²) in [6, 6.07) is 6.65. The maximum atomic E-state index is 12.7. The summed E-state index contributed by atoms with van der Waals surface area (Å²) < 4.78 is 14.8. The first-order chi connectivity index (χ1) is 8.78. The van der Waals surface area contributed by atoms with Crippen molar-refractivity contribution >= 4 is 0 Å². The molecule has 0 aliphatic heterocycles. The highest BCUT2D eigenvalue weighted by Gasteiger charge is 1.99. The molecule has 0 amide bonds. The maximum Gasteiger partial charge on any atom is 0.123 e. The number of hydrogen-bond acceptors (Lipinski definition) is 2. The van der Waals surface area contributed by atoms with Gasteiger partial charge in [-0.15, -0.1) is 0 Å². The van der Waals surface area contributed by atoms with Gasteiger partial charge in [-0.25, -0.2) is 9.37 Å². The lowest BCUT2D eigenvalue weighted by Crippen LogP contribution is -2.11. The molecule has 1 N–H and O–H groups in total. The molecule has 0 aliphatic rings. The van der Waals surface area contributed by atoms with Crippen LogP contribution in [0, 0.1) is 5.82 Å². The van der Waals surface area contributed by atoms with E-state index in [1.54, 1.807) is 0 Å². The summed E-state index contributed by atoms with van der Waals surface area (Å²) >= 11 is 0. The normalized spacial score (nSPS) is 10.8. The zero-order chi connectivity index (χ0) is 12.8. The molecule has 0 bridgehead atoms. The Morgan fingerprint density at radius 3 is 2.78 bits per heavy atom. The molecule has 1 aromatic heterocycles. The van der Waals surface area contributed by atoms with Gasteiger partial charge >= 0.3 is 0 Å². The molecule has 96 valence electrons. The fraction of sp³-hybridized carbons (Fsp3) is 0.357. The average molecular weight is 247 g/mol. The zero-order valence-corrected chi connectivity index (χ0v) is 10.6. The van der Waals surface area contributed by atoms with E-state index in [0.717, 1.165) is 37.3 Å². The van der Waals surface area contributed by atoms with Gasteiger partial charge in [-0.3, -0.25) is 0 Å². The lowest BCUT2D eigenvalue weighted by molar-refractivity contribution is 0.625. The van der Waals surface area contributed by atoms with Crippen molar-refractivity contribution in [1.29, 1.82) is 0 Å². The Hall–Kier alpha value is -1.68. The molecule has 0 fully saturated rings. The van der Waals surface area contributed by atoms with Crippen LogP contribution < -0.4 is 5.32 Å². The third-order valence-corrected chi connectivity index (χ3v) is 2.81. The Balaban J connectivity index is 1.86. The predicted molar refractivity (Wildman–Crippen MR) is 69.7 cm³/mol. The van der Waals surface area contributed by atoms with Crippen molar-refractivity contribution in [2.45, 2.75) is 26.4 Å². The lowest BCUT2D eigenvalue weighted by Gasteiger charge is -2.02. The number of aryl methyl sites for hydroxylation is 2. The molecule has 18 heavy (non-hydrogen) atoms. The van der Waals surface area contributed by atoms with Crippen LogP contribution in [0.15, 0.2) is 36.8 Å². The van der Waals surface area contributed by atoms with Gasteiger partial charge in [0.15, 0.2) is 0 Å². The van der Waals surface area contributed by atoms with Crippen molar-refractivity contribution in [3.63, 3.8) is 0 Å². The van der Waals surface area contributed by atoms with Crippen molar-refractivity contribution in [3.8, 4) is 0 Å². The van der Waals surface area contributed by atoms with Crippen LogP contribution in [0.5, 0.6) is 0 Å². The summed E-state index contributed by atoms with van der Waals surface area (Å²) in [6.07, 6.45) is 4.78. The van der Waals surface area contributed by atoms with Crippen molar-refractivity contribution in [3.05, 3.63) is 53.9 Å². The van der Waals surface area contributed by atoms with Gasteiger partial charge in [0.2, 0.25) is 0 Å². The van der Waals surface area contributed by atoms with Crippen LogP contribution in [0.2, 0.25) is 0 Å². The standard InChI is InChI=1S/C14H18FN3/c1-2-16-9-14-10-18(11-17-14)8-7-12-3-5-13(15)6-4-12/h3-6,10-11,16H,2,7-9H2,1H3. The van der Waals surface area contributed by atoms with E-state index in [4.69, 9.17) is 0 Å². The third kappa shape index (κ3) is 3.67. The van der Waals surface area contributed by atoms with Gasteiger partial charge in [0.25, 0.3) is 0 Å². The number of nitrogens with one attached hydrogen (secondary N) is 1. The summed E-state index contributed by atoms with van der Waals surface area (Å²) in [5.74, 6) is -0.186. The van der Waals surface area contributed by atoms with Crippen LogP contribution in [0.25, 0.3) is 0 Å². The lowest BCUT2D eigenvalue weighted by atomic mass is 10.1. The molecule has 0 spiro atoms. The second-order valence-corrected chi connectivity index (χ2v) is 4.26. The first kappa shape index (κ1) is 12.8. The van der Waals surface area contributed by atoms with Gasteiger partial charge in [-0.2, -0.15) is 0 Å². The van der Waals surface area contributed by atoms with Crippen molar-refractivity contribution in [2.24, 2.45) is 0 Å². The van der Waals surface area contributed by atoms with E-state index in [1.807, 2.05) is 24.7 Å². The van der Waals surface area contributed by atoms with E-state index >= 15 is 0 Å². The van der Waals surface area contributed by atoms with Crippen LogP contribution in [-0.2, 0) is 19.5 Å². The Bertz CT molecular complexity index is 476. The molecule has 2 aromatic rings. The Labute approximate surface area is 107 Å². The molecule has 3 nitrogen and oxygen atoms in total. The quantitative estimate of drug-likeness (QED) is 0.849. The minimum absolute atomic E-state index is 0.186. The predicted octanol–water partition coefficient (Wildman–Crippen LogP) is 2.37. The summed E-state index contributed by atoms with van der Waals surface area (Å²) in [7, 11) is 0. The Kier molecular flexibility index (Phi) is 4.47. The molecule has 0 saturated carbocycles. The van der Waals surface area contributed by atoms with E-state index < -0.39 is 0 Å². The second kappa shape index (κ2) is 6.31. The fourth-order valence-electron chi connectivity index (χ4n) is 1.78. The van der Waals surface area contributed by atoms with Gasteiger partial charge < -0.3 is 9.88 Å². The number of imidazole rings is 1. The van der Waals surface area contributed by atoms with Crippen LogP contribution in [-0.4, -0.2) is 16.1 Å². The minimum atomic E-state index is -0.186. The van der Waals surface area contributed by atoms with E-state index in [0.29, 0.717) is 0 Å². The highest BCUT2D eigenvalue weighted by molar-refractivity contribution is 5.16. The maximum absolute atomic E-state index is 12.7. The van der Waals surface area contributed by atoms with E-state index in [2.05, 4.69) is 21.8 Å². The third-order valence-electron chi connectivity index (χ3n) is 2.81. The van der Waals surface area contributed by atoms with Crippen LogP contribution in [0.3, 0.4) is 0 Å². The van der Waals surface area contributed by atoms with Gasteiger partial charge in [0.05, 0.1) is 12.0 Å². The van der Waals surface area contributed by atoms with Crippen LogP contribution in [0.4, 0.5) is 4.39 Å². The Morgan fingerprint density at radius 1 is 1.28 bits per heavy atom. The number of nitrogens with zero attached hydrogens (tertiary/aromatic N) is 2. The van der Waals surface area contributed by atoms with Gasteiger partial charge in [0.1, 0.15) is 5.82 Å². The van der Waals surface area contributed by atoms with Crippen molar-refractivity contribution in [2.75, 3.05) is 6.54 Å². The molecule has 1 heterocycles. The summed E-state index contributed by atoms with van der Waals surface area (Å²) in [5, 5.41) is 3.24. The molecule has 4 heteroatoms. The summed E-state index contributed by atoms with van der Waals surface area (Å²) in [6.45, 7) is 4.69. The van der Waals surface area contributed by atoms with Gasteiger partial charge in [-0.1, -0.05) is 19.1 Å². The zero-order valence-electron chi connectivity index (χ0n) is 10.6. The number of hydrogen-bond donors (Lipinski definition) is 1. The Morgan fingerprint density at radius 2 is 2.06 bits per heavy atom. The fourth-order valence-corrected chi connectivity index (χ4v) is 1.78. The first-order valence-corrected chi connectivity index (χ1v) is 6.23. The smallest absolute Gasteiger partial charge is 0.123 e. The molecule has 1 aromatic carbocycles. The van der Waals surface area contributed by atoms with E-state index in [1.165, 1.54) is 12.1 Å². The van der Waals surface area contributed by atoms with Crippen LogP contribution >= 0.6 is 0 Å². The molecule has 0 unspecified atom stereocenters. The van der Waals surface area contributed by atoms with Crippen LogP contribution in [0.1, 0.15) is 18.2 Å². The molecule has 0 aliphatic carbocycles. The first-order valence-electron chi connectivity index (χ1n) is 6.23. The van der Waals surface area contributed by atoms with Gasteiger partial charge in [0, 0.05) is 19.3 Å². The van der Waals surface area contributed by atoms with E-state index in [-0.39, 0.29) is 5.82 Å². The van der Waals surface area contributed by atoms with Crippen molar-refractivity contribution < 1.29 is 4.39 Å². The summed E-state index contributed by atoms with van der Waals surface area (Å²) in [5.41, 5.74) is 2.19.